The lowest BCUT2D eigenvalue weighted by Gasteiger charge is -2.41. The van der Waals surface area contributed by atoms with E-state index in [4.69, 9.17) is 0 Å². The maximum absolute atomic E-state index is 14.1. The minimum atomic E-state index is -0.273. The molecule has 3 aromatic rings. The fourth-order valence-electron chi connectivity index (χ4n) is 4.02. The predicted octanol–water partition coefficient (Wildman–Crippen LogP) is 3.44. The molecule has 4 rings (SSSR count). The summed E-state index contributed by atoms with van der Waals surface area (Å²) in [7, 11) is 0. The zero-order valence-corrected chi connectivity index (χ0v) is 16.0. The Morgan fingerprint density at radius 3 is 2.64 bits per heavy atom. The van der Waals surface area contributed by atoms with E-state index in [1.165, 1.54) is 11.6 Å². The van der Waals surface area contributed by atoms with E-state index in [2.05, 4.69) is 39.0 Å². The number of hydrogen-bond donors (Lipinski definition) is 1. The molecule has 0 bridgehead atoms. The second kappa shape index (κ2) is 8.78. The third-order valence-electron chi connectivity index (χ3n) is 5.49. The van der Waals surface area contributed by atoms with E-state index >= 15 is 0 Å². The topological polar surface area (TPSA) is 39.6 Å². The Balaban J connectivity index is 1.44. The molecule has 0 aliphatic carbocycles. The highest BCUT2D eigenvalue weighted by Gasteiger charge is 2.26. The van der Waals surface area contributed by atoms with Gasteiger partial charge < -0.3 is 5.11 Å². The van der Waals surface area contributed by atoms with E-state index in [-0.39, 0.29) is 12.4 Å². The van der Waals surface area contributed by atoms with Crippen molar-refractivity contribution in [3.8, 4) is 0 Å². The Morgan fingerprint density at radius 1 is 0.964 bits per heavy atom. The summed E-state index contributed by atoms with van der Waals surface area (Å²) in [6.07, 6.45) is 0.753. The van der Waals surface area contributed by atoms with E-state index in [0.717, 1.165) is 43.7 Å². The van der Waals surface area contributed by atoms with Gasteiger partial charge in [-0.1, -0.05) is 48.5 Å². The van der Waals surface area contributed by atoms with Crippen LogP contribution in [-0.4, -0.2) is 52.2 Å². The molecule has 1 fully saturated rings. The van der Waals surface area contributed by atoms with Crippen molar-refractivity contribution < 1.29 is 9.50 Å². The molecule has 0 amide bonds. The lowest BCUT2D eigenvalue weighted by atomic mass is 10.1. The molecule has 146 valence electrons. The number of halogens is 1. The zero-order valence-electron chi connectivity index (χ0n) is 16.0. The van der Waals surface area contributed by atoms with Crippen LogP contribution in [0.5, 0.6) is 0 Å². The Bertz CT molecular complexity index is 918. The number of fused-ring (bicyclic) bond motifs is 1. The van der Waals surface area contributed by atoms with Crippen LogP contribution in [0.1, 0.15) is 17.7 Å². The summed E-state index contributed by atoms with van der Waals surface area (Å²) >= 11 is 0. The molecule has 1 aromatic heterocycles. The highest BCUT2D eigenvalue weighted by atomic mass is 19.1. The molecular weight excluding hydrogens is 353 g/mol. The molecule has 5 heteroatoms. The molecule has 0 spiro atoms. The standard InChI is InChI=1S/C23H26FN3O/c24-22-8-4-7-19-9-10-20(25-23(19)22)16-26-12-13-27(21(17-26)11-14-28)15-18-5-2-1-3-6-18/h1-10,21,28H,11-17H2/t21-/m1/s1. The molecule has 0 saturated carbocycles. The van der Waals surface area contributed by atoms with E-state index in [1.807, 2.05) is 24.3 Å². The number of hydrogen-bond acceptors (Lipinski definition) is 4. The maximum Gasteiger partial charge on any atom is 0.149 e. The van der Waals surface area contributed by atoms with Gasteiger partial charge in [-0.05, 0) is 24.1 Å². The van der Waals surface area contributed by atoms with Crippen LogP contribution in [0.15, 0.2) is 60.7 Å². The fourth-order valence-corrected chi connectivity index (χ4v) is 4.02. The molecule has 2 aromatic carbocycles. The first-order valence-electron chi connectivity index (χ1n) is 9.88. The minimum absolute atomic E-state index is 0.184. The number of rotatable bonds is 6. The molecular formula is C23H26FN3O. The van der Waals surface area contributed by atoms with Gasteiger partial charge in [0, 0.05) is 50.8 Å². The average Bonchev–Trinajstić information content (AvgIpc) is 2.72. The molecule has 0 unspecified atom stereocenters. The second-order valence-electron chi connectivity index (χ2n) is 7.47. The van der Waals surface area contributed by atoms with E-state index in [0.29, 0.717) is 18.1 Å². The molecule has 1 N–H and O–H groups in total. The quantitative estimate of drug-likeness (QED) is 0.712. The van der Waals surface area contributed by atoms with E-state index < -0.39 is 0 Å². The number of para-hydroxylation sites is 1. The van der Waals surface area contributed by atoms with Crippen molar-refractivity contribution in [2.24, 2.45) is 0 Å². The van der Waals surface area contributed by atoms with Gasteiger partial charge in [-0.25, -0.2) is 9.37 Å². The first kappa shape index (κ1) is 19.0. The first-order chi connectivity index (χ1) is 13.7. The summed E-state index contributed by atoms with van der Waals surface area (Å²) in [5, 5.41) is 10.4. The molecule has 28 heavy (non-hydrogen) atoms. The van der Waals surface area contributed by atoms with Crippen molar-refractivity contribution in [1.29, 1.82) is 0 Å². The molecule has 1 aliphatic heterocycles. The highest BCUT2D eigenvalue weighted by Crippen LogP contribution is 2.20. The monoisotopic (exact) mass is 379 g/mol. The number of nitrogens with zero attached hydrogens (tertiary/aromatic N) is 3. The Labute approximate surface area is 165 Å². The molecule has 4 nitrogen and oxygen atoms in total. The van der Waals surface area contributed by atoms with Crippen LogP contribution in [-0.2, 0) is 13.1 Å². The molecule has 1 aliphatic rings. The summed E-state index contributed by atoms with van der Waals surface area (Å²) in [6, 6.07) is 19.7. The first-order valence-corrected chi connectivity index (χ1v) is 9.88. The maximum atomic E-state index is 14.1. The number of benzene rings is 2. The van der Waals surface area contributed by atoms with Crippen molar-refractivity contribution >= 4 is 10.9 Å². The SMILES string of the molecule is OCC[C@@H]1CN(Cc2ccc3cccc(F)c3n2)CCN1Cc1ccccc1. The Kier molecular flexibility index (Phi) is 5.95. The van der Waals surface area contributed by atoms with Crippen molar-refractivity contribution in [1.82, 2.24) is 14.8 Å². The third kappa shape index (κ3) is 4.38. The van der Waals surface area contributed by atoms with Crippen molar-refractivity contribution in [3.63, 3.8) is 0 Å². The van der Waals surface area contributed by atoms with Gasteiger partial charge in [0.25, 0.3) is 0 Å². The summed E-state index contributed by atoms with van der Waals surface area (Å²) in [5.74, 6) is -0.273. The van der Waals surface area contributed by atoms with Crippen LogP contribution < -0.4 is 0 Å². The summed E-state index contributed by atoms with van der Waals surface area (Å²) in [4.78, 5) is 9.36. The van der Waals surface area contributed by atoms with Crippen LogP contribution in [0.25, 0.3) is 10.9 Å². The van der Waals surface area contributed by atoms with Gasteiger partial charge in [0.05, 0.1) is 5.69 Å². The van der Waals surface area contributed by atoms with Gasteiger partial charge in [0.15, 0.2) is 0 Å². The highest BCUT2D eigenvalue weighted by molar-refractivity contribution is 5.79. The van der Waals surface area contributed by atoms with Crippen molar-refractivity contribution in [2.45, 2.75) is 25.6 Å². The molecule has 1 atom stereocenters. The normalized spacial score (nSPS) is 18.6. The average molecular weight is 379 g/mol. The van der Waals surface area contributed by atoms with Crippen LogP contribution in [0.3, 0.4) is 0 Å². The summed E-state index contributed by atoms with van der Waals surface area (Å²) < 4.78 is 14.1. The largest absolute Gasteiger partial charge is 0.396 e. The van der Waals surface area contributed by atoms with Gasteiger partial charge >= 0.3 is 0 Å². The fraction of sp³-hybridized carbons (Fsp3) is 0.348. The summed E-state index contributed by atoms with van der Waals surface area (Å²) in [6.45, 7) is 4.55. The molecule has 0 radical (unpaired) electrons. The van der Waals surface area contributed by atoms with Gasteiger partial charge in [0.2, 0.25) is 0 Å². The van der Waals surface area contributed by atoms with E-state index in [1.54, 1.807) is 6.07 Å². The van der Waals surface area contributed by atoms with Crippen molar-refractivity contribution in [3.05, 3.63) is 77.7 Å². The minimum Gasteiger partial charge on any atom is -0.396 e. The van der Waals surface area contributed by atoms with Crippen molar-refractivity contribution in [2.75, 3.05) is 26.2 Å². The van der Waals surface area contributed by atoms with Crippen LogP contribution >= 0.6 is 0 Å². The van der Waals surface area contributed by atoms with Gasteiger partial charge in [-0.3, -0.25) is 9.80 Å². The number of piperazine rings is 1. The van der Waals surface area contributed by atoms with Gasteiger partial charge in [-0.2, -0.15) is 0 Å². The third-order valence-corrected chi connectivity index (χ3v) is 5.49. The van der Waals surface area contributed by atoms with Gasteiger partial charge in [-0.15, -0.1) is 0 Å². The Morgan fingerprint density at radius 2 is 1.82 bits per heavy atom. The smallest absolute Gasteiger partial charge is 0.149 e. The number of aromatic nitrogens is 1. The lowest BCUT2D eigenvalue weighted by Crippen LogP contribution is -2.52. The van der Waals surface area contributed by atoms with E-state index in [9.17, 15) is 9.50 Å². The van der Waals surface area contributed by atoms with Crippen LogP contribution in [0.4, 0.5) is 4.39 Å². The second-order valence-corrected chi connectivity index (χ2v) is 7.47. The lowest BCUT2D eigenvalue weighted by molar-refractivity contribution is 0.0494. The Hall–Kier alpha value is -2.34. The zero-order chi connectivity index (χ0) is 19.3. The number of aliphatic hydroxyl groups is 1. The molecule has 1 saturated heterocycles. The number of pyridine rings is 1. The van der Waals surface area contributed by atoms with Crippen LogP contribution in [0.2, 0.25) is 0 Å². The predicted molar refractivity (Wildman–Crippen MR) is 109 cm³/mol. The molecule has 2 heterocycles. The van der Waals surface area contributed by atoms with Crippen LogP contribution in [0, 0.1) is 5.82 Å². The summed E-state index contributed by atoms with van der Waals surface area (Å²) in [5.41, 5.74) is 2.62. The number of aliphatic hydroxyl groups excluding tert-OH is 1. The van der Waals surface area contributed by atoms with Gasteiger partial charge in [0.1, 0.15) is 11.3 Å².